The van der Waals surface area contributed by atoms with Gasteiger partial charge in [0.2, 0.25) is 5.91 Å². The summed E-state index contributed by atoms with van der Waals surface area (Å²) in [5, 5.41) is 0.113. The summed E-state index contributed by atoms with van der Waals surface area (Å²) in [6.45, 7) is 3.89. The summed E-state index contributed by atoms with van der Waals surface area (Å²) < 4.78 is 0. The molecule has 94 valence electrons. The maximum atomic E-state index is 11.4. The number of carbonyl (C=O) groups is 1. The zero-order valence-electron chi connectivity index (χ0n) is 10.0. The summed E-state index contributed by atoms with van der Waals surface area (Å²) in [5.74, 6) is -0.388. The van der Waals surface area contributed by atoms with E-state index in [2.05, 4.69) is 9.97 Å². The number of nitrogens with one attached hydrogen (secondary N) is 1. The van der Waals surface area contributed by atoms with Gasteiger partial charge in [0.1, 0.15) is 0 Å². The van der Waals surface area contributed by atoms with Crippen LogP contribution in [0.5, 0.6) is 0 Å². The lowest BCUT2D eigenvalue weighted by molar-refractivity contribution is -0.117. The molecule has 0 fully saturated rings. The van der Waals surface area contributed by atoms with Crippen LogP contribution in [-0.2, 0) is 11.2 Å². The zero-order valence-corrected chi connectivity index (χ0v) is 10.8. The molecule has 1 unspecified atom stereocenters. The van der Waals surface area contributed by atoms with E-state index in [4.69, 9.17) is 5.73 Å². The van der Waals surface area contributed by atoms with Gasteiger partial charge >= 0.3 is 0 Å². The predicted octanol–water partition coefficient (Wildman–Crippen LogP) is 1.08. The number of amides is 1. The molecule has 0 radical (unpaired) electrons. The molecular formula is C11H17N3O2S. The number of primary amides is 1. The van der Waals surface area contributed by atoms with E-state index in [-0.39, 0.29) is 16.7 Å². The minimum atomic E-state index is -0.388. The Morgan fingerprint density at radius 3 is 2.82 bits per heavy atom. The van der Waals surface area contributed by atoms with Crippen LogP contribution >= 0.6 is 11.8 Å². The number of aromatic amines is 1. The summed E-state index contributed by atoms with van der Waals surface area (Å²) in [5.41, 5.74) is 5.81. The smallest absolute Gasteiger partial charge is 0.251 e. The predicted molar refractivity (Wildman–Crippen MR) is 68.0 cm³/mol. The van der Waals surface area contributed by atoms with Gasteiger partial charge < -0.3 is 10.7 Å². The van der Waals surface area contributed by atoms with Crippen molar-refractivity contribution < 1.29 is 4.79 Å². The summed E-state index contributed by atoms with van der Waals surface area (Å²) >= 11 is 1.21. The fraction of sp³-hybridized carbons (Fsp3) is 0.545. The number of carbonyl (C=O) groups excluding carboxylic acids is 1. The third kappa shape index (κ3) is 4.22. The van der Waals surface area contributed by atoms with Crippen molar-refractivity contribution in [3.8, 4) is 0 Å². The van der Waals surface area contributed by atoms with E-state index in [1.54, 1.807) is 0 Å². The van der Waals surface area contributed by atoms with Crippen LogP contribution in [0.15, 0.2) is 16.0 Å². The number of H-pyrrole nitrogens is 1. The molecule has 17 heavy (non-hydrogen) atoms. The van der Waals surface area contributed by atoms with E-state index in [1.807, 2.05) is 13.8 Å². The molecule has 0 spiro atoms. The van der Waals surface area contributed by atoms with Crippen LogP contribution < -0.4 is 11.3 Å². The van der Waals surface area contributed by atoms with Crippen molar-refractivity contribution in [1.82, 2.24) is 9.97 Å². The van der Waals surface area contributed by atoms with Crippen LogP contribution in [0.1, 0.15) is 32.4 Å². The first-order valence-corrected chi connectivity index (χ1v) is 6.51. The number of nitrogens with two attached hydrogens (primary N) is 1. The lowest BCUT2D eigenvalue weighted by Gasteiger charge is -2.09. The van der Waals surface area contributed by atoms with Gasteiger partial charge in [-0.1, -0.05) is 32.0 Å². The maximum Gasteiger partial charge on any atom is 0.251 e. The second-order valence-electron chi connectivity index (χ2n) is 3.71. The van der Waals surface area contributed by atoms with Crippen molar-refractivity contribution in [2.45, 2.75) is 43.5 Å². The number of aromatic nitrogens is 2. The average molecular weight is 255 g/mol. The van der Waals surface area contributed by atoms with Crippen LogP contribution in [0.2, 0.25) is 0 Å². The molecule has 0 aliphatic carbocycles. The Morgan fingerprint density at radius 2 is 2.29 bits per heavy atom. The van der Waals surface area contributed by atoms with Crippen molar-refractivity contribution in [2.75, 3.05) is 0 Å². The van der Waals surface area contributed by atoms with E-state index in [0.29, 0.717) is 11.6 Å². The molecular weight excluding hydrogens is 238 g/mol. The van der Waals surface area contributed by atoms with Gasteiger partial charge in [-0.3, -0.25) is 9.59 Å². The highest BCUT2D eigenvalue weighted by molar-refractivity contribution is 8.00. The summed E-state index contributed by atoms with van der Waals surface area (Å²) in [6, 6.07) is 1.48. The molecule has 1 aromatic heterocycles. The number of nitrogens with zero attached hydrogens (tertiary/aromatic N) is 1. The Hall–Kier alpha value is -1.30. The lowest BCUT2D eigenvalue weighted by atomic mass is 10.2. The van der Waals surface area contributed by atoms with Gasteiger partial charge in [0.05, 0.1) is 5.25 Å². The number of hydrogen-bond donors (Lipinski definition) is 2. The van der Waals surface area contributed by atoms with E-state index in [0.717, 1.165) is 18.5 Å². The molecule has 0 aromatic carbocycles. The van der Waals surface area contributed by atoms with Gasteiger partial charge in [-0.25, -0.2) is 4.98 Å². The highest BCUT2D eigenvalue weighted by Crippen LogP contribution is 2.20. The number of rotatable bonds is 6. The summed E-state index contributed by atoms with van der Waals surface area (Å²) in [4.78, 5) is 29.4. The molecule has 1 heterocycles. The largest absolute Gasteiger partial charge is 0.369 e. The molecule has 1 rings (SSSR count). The topological polar surface area (TPSA) is 88.8 Å². The Morgan fingerprint density at radius 1 is 1.59 bits per heavy atom. The quantitative estimate of drug-likeness (QED) is 0.588. The third-order valence-electron chi connectivity index (χ3n) is 2.22. The molecule has 1 atom stereocenters. The van der Waals surface area contributed by atoms with Gasteiger partial charge in [-0.05, 0) is 12.8 Å². The van der Waals surface area contributed by atoms with Crippen LogP contribution in [0.25, 0.3) is 0 Å². The van der Waals surface area contributed by atoms with E-state index in [1.165, 1.54) is 17.8 Å². The number of thioether (sulfide) groups is 1. The van der Waals surface area contributed by atoms with Gasteiger partial charge in [-0.15, -0.1) is 0 Å². The van der Waals surface area contributed by atoms with Crippen molar-refractivity contribution in [3.05, 3.63) is 22.1 Å². The van der Waals surface area contributed by atoms with Gasteiger partial charge in [0.25, 0.3) is 5.56 Å². The normalized spacial score (nSPS) is 12.4. The third-order valence-corrected chi connectivity index (χ3v) is 3.49. The van der Waals surface area contributed by atoms with Crippen LogP contribution in [0, 0.1) is 0 Å². The Kier molecular flexibility index (Phi) is 5.21. The first-order chi connectivity index (χ1) is 8.06. The SMILES string of the molecule is CCCc1cc(=O)[nH]c(SC(CC)C(N)=O)n1. The van der Waals surface area contributed by atoms with Crippen LogP contribution in [0.3, 0.4) is 0 Å². The molecule has 5 nitrogen and oxygen atoms in total. The molecule has 0 saturated carbocycles. The summed E-state index contributed by atoms with van der Waals surface area (Å²) in [6.07, 6.45) is 2.29. The average Bonchev–Trinajstić information content (AvgIpc) is 2.25. The lowest BCUT2D eigenvalue weighted by Crippen LogP contribution is -2.25. The fourth-order valence-corrected chi connectivity index (χ4v) is 2.28. The highest BCUT2D eigenvalue weighted by Gasteiger charge is 2.16. The second kappa shape index (κ2) is 6.44. The molecule has 0 bridgehead atoms. The van der Waals surface area contributed by atoms with Crippen molar-refractivity contribution in [2.24, 2.45) is 5.73 Å². The standard InChI is InChI=1S/C11H17N3O2S/c1-3-5-7-6-9(15)14-11(13-7)17-8(4-2)10(12)16/h6,8H,3-5H2,1-2H3,(H2,12,16)(H,13,14,15). The van der Waals surface area contributed by atoms with Crippen molar-refractivity contribution >= 4 is 17.7 Å². The minimum Gasteiger partial charge on any atom is -0.369 e. The van der Waals surface area contributed by atoms with Gasteiger partial charge in [0, 0.05) is 11.8 Å². The number of hydrogen-bond acceptors (Lipinski definition) is 4. The molecule has 3 N–H and O–H groups in total. The first-order valence-electron chi connectivity index (χ1n) is 5.63. The molecule has 0 saturated heterocycles. The first kappa shape index (κ1) is 13.8. The van der Waals surface area contributed by atoms with E-state index in [9.17, 15) is 9.59 Å². The molecule has 0 aliphatic heterocycles. The molecule has 6 heteroatoms. The molecule has 1 aromatic rings. The van der Waals surface area contributed by atoms with Crippen LogP contribution in [-0.4, -0.2) is 21.1 Å². The molecule has 0 aliphatic rings. The monoisotopic (exact) mass is 255 g/mol. The second-order valence-corrected chi connectivity index (χ2v) is 4.90. The Balaban J connectivity index is 2.90. The summed E-state index contributed by atoms with van der Waals surface area (Å²) in [7, 11) is 0. The highest BCUT2D eigenvalue weighted by atomic mass is 32.2. The van der Waals surface area contributed by atoms with Crippen LogP contribution in [0.4, 0.5) is 0 Å². The minimum absolute atomic E-state index is 0.190. The Labute approximate surface area is 104 Å². The number of aryl methyl sites for hydroxylation is 1. The Bertz CT molecular complexity index is 445. The van der Waals surface area contributed by atoms with Gasteiger partial charge in [-0.2, -0.15) is 0 Å². The van der Waals surface area contributed by atoms with Crippen molar-refractivity contribution in [1.29, 1.82) is 0 Å². The van der Waals surface area contributed by atoms with E-state index >= 15 is 0 Å². The molecule has 1 amide bonds. The maximum absolute atomic E-state index is 11.4. The van der Waals surface area contributed by atoms with E-state index < -0.39 is 0 Å². The fourth-order valence-electron chi connectivity index (χ4n) is 1.40. The zero-order chi connectivity index (χ0) is 12.8. The van der Waals surface area contributed by atoms with Gasteiger partial charge in [0.15, 0.2) is 5.16 Å². The van der Waals surface area contributed by atoms with Crippen molar-refractivity contribution in [3.63, 3.8) is 0 Å².